The molecule has 7 heteroatoms. The van der Waals surface area contributed by atoms with E-state index >= 15 is 0 Å². The van der Waals surface area contributed by atoms with Gasteiger partial charge in [-0.05, 0) is 18.4 Å². The Bertz CT molecular complexity index is 575. The second-order valence-corrected chi connectivity index (χ2v) is 5.10. The van der Waals surface area contributed by atoms with Crippen LogP contribution in [0.5, 0.6) is 5.88 Å². The van der Waals surface area contributed by atoms with Gasteiger partial charge in [0, 0.05) is 37.0 Å². The molecule has 0 atom stereocenters. The minimum atomic E-state index is 0. The summed E-state index contributed by atoms with van der Waals surface area (Å²) >= 11 is 0. The molecule has 1 aliphatic carbocycles. The summed E-state index contributed by atoms with van der Waals surface area (Å²) in [6, 6.07) is 2.14. The molecule has 0 unspecified atom stereocenters. The summed E-state index contributed by atoms with van der Waals surface area (Å²) in [5.41, 5.74) is 7.28. The molecular formula is C14H17ClFN3O2. The SMILES string of the molecule is Cl.NC/C(=C\F)COc1cc2c(cn1)C(=O)N(C1CC1)C2. The molecule has 0 bridgehead atoms. The first-order valence-corrected chi connectivity index (χ1v) is 6.64. The predicted octanol–water partition coefficient (Wildman–Crippen LogP) is 1.81. The van der Waals surface area contributed by atoms with E-state index in [9.17, 15) is 9.18 Å². The zero-order chi connectivity index (χ0) is 14.1. The molecule has 2 heterocycles. The van der Waals surface area contributed by atoms with Gasteiger partial charge < -0.3 is 15.4 Å². The fourth-order valence-corrected chi connectivity index (χ4v) is 2.27. The number of hydrogen-bond donors (Lipinski definition) is 1. The van der Waals surface area contributed by atoms with Crippen molar-refractivity contribution in [3.63, 3.8) is 0 Å². The average molecular weight is 314 g/mol. The summed E-state index contributed by atoms with van der Waals surface area (Å²) < 4.78 is 17.8. The molecule has 0 saturated heterocycles. The Morgan fingerprint density at radius 3 is 2.95 bits per heavy atom. The zero-order valence-electron chi connectivity index (χ0n) is 11.4. The molecule has 0 spiro atoms. The van der Waals surface area contributed by atoms with Crippen molar-refractivity contribution in [2.75, 3.05) is 13.2 Å². The number of fused-ring (bicyclic) bond motifs is 1. The van der Waals surface area contributed by atoms with E-state index in [1.165, 1.54) is 6.20 Å². The Balaban J connectivity index is 0.00000161. The number of rotatable bonds is 5. The molecule has 1 saturated carbocycles. The molecule has 2 N–H and O–H groups in total. The Morgan fingerprint density at radius 1 is 1.57 bits per heavy atom. The second-order valence-electron chi connectivity index (χ2n) is 5.10. The fraction of sp³-hybridized carbons (Fsp3) is 0.429. The Hall–Kier alpha value is -1.66. The standard InChI is InChI=1S/C14H16FN3O2.ClH/c15-4-9(5-16)8-20-13-3-10-7-18(11-1-2-11)14(19)12(10)6-17-13;/h3-4,6,11H,1-2,5,7-8,16H2;1H/b9-4+;. The van der Waals surface area contributed by atoms with Crippen LogP contribution in [0.2, 0.25) is 0 Å². The van der Waals surface area contributed by atoms with Crippen LogP contribution in [-0.2, 0) is 6.54 Å². The molecular weight excluding hydrogens is 297 g/mol. The van der Waals surface area contributed by atoms with E-state index < -0.39 is 0 Å². The lowest BCUT2D eigenvalue weighted by Gasteiger charge is -2.13. The van der Waals surface area contributed by atoms with E-state index in [1.54, 1.807) is 6.07 Å². The van der Waals surface area contributed by atoms with Gasteiger partial charge in [-0.3, -0.25) is 4.79 Å². The fourth-order valence-electron chi connectivity index (χ4n) is 2.27. The summed E-state index contributed by atoms with van der Waals surface area (Å²) in [4.78, 5) is 18.1. The summed E-state index contributed by atoms with van der Waals surface area (Å²) in [6.45, 7) is 0.787. The summed E-state index contributed by atoms with van der Waals surface area (Å²) in [6.07, 6.45) is 4.15. The van der Waals surface area contributed by atoms with Gasteiger partial charge in [0.05, 0.1) is 11.9 Å². The molecule has 21 heavy (non-hydrogen) atoms. The maximum Gasteiger partial charge on any atom is 0.256 e. The molecule has 2 aliphatic rings. The number of hydrogen-bond acceptors (Lipinski definition) is 4. The van der Waals surface area contributed by atoms with Crippen molar-refractivity contribution in [1.29, 1.82) is 0 Å². The van der Waals surface area contributed by atoms with Crippen LogP contribution in [0, 0.1) is 0 Å². The minimum Gasteiger partial charge on any atom is -0.473 e. The Kier molecular flexibility index (Phi) is 4.80. The number of nitrogens with zero attached hydrogens (tertiary/aromatic N) is 2. The van der Waals surface area contributed by atoms with Crippen LogP contribution in [0.15, 0.2) is 24.2 Å². The highest BCUT2D eigenvalue weighted by atomic mass is 35.5. The lowest BCUT2D eigenvalue weighted by molar-refractivity contribution is 0.0766. The van der Waals surface area contributed by atoms with Crippen molar-refractivity contribution in [3.05, 3.63) is 35.3 Å². The van der Waals surface area contributed by atoms with Crippen LogP contribution in [0.1, 0.15) is 28.8 Å². The number of nitrogens with two attached hydrogens (primary N) is 1. The van der Waals surface area contributed by atoms with Gasteiger partial charge in [0.15, 0.2) is 0 Å². The van der Waals surface area contributed by atoms with Crippen molar-refractivity contribution >= 4 is 18.3 Å². The third kappa shape index (κ3) is 3.16. The molecule has 1 fully saturated rings. The molecule has 3 rings (SSSR count). The number of halogens is 2. The maximum absolute atomic E-state index is 12.4. The van der Waals surface area contributed by atoms with Gasteiger partial charge >= 0.3 is 0 Å². The number of ether oxygens (including phenoxy) is 1. The van der Waals surface area contributed by atoms with Gasteiger partial charge in [-0.15, -0.1) is 12.4 Å². The summed E-state index contributed by atoms with van der Waals surface area (Å²) in [5, 5.41) is 0. The van der Waals surface area contributed by atoms with Gasteiger partial charge in [-0.1, -0.05) is 0 Å². The molecule has 0 radical (unpaired) electrons. The van der Waals surface area contributed by atoms with Gasteiger partial charge in [-0.2, -0.15) is 0 Å². The first-order chi connectivity index (χ1) is 9.72. The Morgan fingerprint density at radius 2 is 2.33 bits per heavy atom. The van der Waals surface area contributed by atoms with Gasteiger partial charge in [-0.25, -0.2) is 9.37 Å². The highest BCUT2D eigenvalue weighted by Crippen LogP contribution is 2.35. The van der Waals surface area contributed by atoms with Crippen LogP contribution in [0.3, 0.4) is 0 Å². The minimum absolute atomic E-state index is 0. The smallest absolute Gasteiger partial charge is 0.256 e. The molecule has 0 aromatic carbocycles. The molecule has 114 valence electrons. The van der Waals surface area contributed by atoms with Gasteiger partial charge in [0.2, 0.25) is 5.88 Å². The van der Waals surface area contributed by atoms with Gasteiger partial charge in [0.25, 0.3) is 5.91 Å². The predicted molar refractivity (Wildman–Crippen MR) is 78.1 cm³/mol. The number of pyridine rings is 1. The molecule has 5 nitrogen and oxygen atoms in total. The van der Waals surface area contributed by atoms with E-state index in [0.29, 0.717) is 35.9 Å². The number of carbonyl (C=O) groups excluding carboxylic acids is 1. The van der Waals surface area contributed by atoms with Crippen LogP contribution in [-0.4, -0.2) is 35.0 Å². The quantitative estimate of drug-likeness (QED) is 0.900. The van der Waals surface area contributed by atoms with E-state index in [2.05, 4.69) is 4.98 Å². The first kappa shape index (κ1) is 15.7. The average Bonchev–Trinajstić information content (AvgIpc) is 3.25. The van der Waals surface area contributed by atoms with Gasteiger partial charge in [0.1, 0.15) is 6.61 Å². The highest BCUT2D eigenvalue weighted by molar-refractivity contribution is 5.98. The topological polar surface area (TPSA) is 68.5 Å². The number of aromatic nitrogens is 1. The third-order valence-electron chi connectivity index (χ3n) is 3.61. The van der Waals surface area contributed by atoms with Crippen molar-refractivity contribution in [2.45, 2.75) is 25.4 Å². The number of amides is 1. The number of carbonyl (C=O) groups is 1. The highest BCUT2D eigenvalue weighted by Gasteiger charge is 2.38. The van der Waals surface area contributed by atoms with Crippen LogP contribution in [0.4, 0.5) is 4.39 Å². The van der Waals surface area contributed by atoms with E-state index in [1.807, 2.05) is 4.90 Å². The lowest BCUT2D eigenvalue weighted by Crippen LogP contribution is -2.25. The summed E-state index contributed by atoms with van der Waals surface area (Å²) in [7, 11) is 0. The molecule has 1 amide bonds. The van der Waals surface area contributed by atoms with Crippen molar-refractivity contribution in [1.82, 2.24) is 9.88 Å². The second kappa shape index (κ2) is 6.41. The lowest BCUT2D eigenvalue weighted by atomic mass is 10.2. The molecule has 1 aromatic heterocycles. The van der Waals surface area contributed by atoms with Crippen molar-refractivity contribution < 1.29 is 13.9 Å². The molecule has 1 aromatic rings. The van der Waals surface area contributed by atoms with Crippen LogP contribution >= 0.6 is 12.4 Å². The summed E-state index contributed by atoms with van der Waals surface area (Å²) in [5.74, 6) is 0.440. The van der Waals surface area contributed by atoms with E-state index in [0.717, 1.165) is 18.4 Å². The normalized spacial score (nSPS) is 17.5. The van der Waals surface area contributed by atoms with Crippen molar-refractivity contribution in [3.8, 4) is 5.88 Å². The van der Waals surface area contributed by atoms with E-state index in [4.69, 9.17) is 10.5 Å². The maximum atomic E-state index is 12.4. The van der Waals surface area contributed by atoms with E-state index in [-0.39, 0.29) is 31.5 Å². The van der Waals surface area contributed by atoms with Crippen LogP contribution in [0.25, 0.3) is 0 Å². The largest absolute Gasteiger partial charge is 0.473 e. The first-order valence-electron chi connectivity index (χ1n) is 6.64. The van der Waals surface area contributed by atoms with Crippen molar-refractivity contribution in [2.24, 2.45) is 5.73 Å². The monoisotopic (exact) mass is 313 g/mol. The zero-order valence-corrected chi connectivity index (χ0v) is 12.2. The third-order valence-corrected chi connectivity index (χ3v) is 3.61. The van der Waals surface area contributed by atoms with Crippen LogP contribution < -0.4 is 10.5 Å². The Labute approximate surface area is 128 Å². The molecule has 1 aliphatic heterocycles.